The van der Waals surface area contributed by atoms with Gasteiger partial charge < -0.3 is 4.57 Å². The molecule has 78 valence electrons. The quantitative estimate of drug-likeness (QED) is 0.709. The molecule has 0 radical (unpaired) electrons. The van der Waals surface area contributed by atoms with Crippen LogP contribution in [0.4, 0.5) is 0 Å². The first-order valence-corrected chi connectivity index (χ1v) is 5.89. The first-order chi connectivity index (χ1) is 7.34. The Labute approximate surface area is 90.7 Å². The Bertz CT molecular complexity index is 477. The van der Waals surface area contributed by atoms with Crippen molar-refractivity contribution in [1.82, 2.24) is 4.57 Å². The summed E-state index contributed by atoms with van der Waals surface area (Å²) in [5.41, 5.74) is 2.80. The monoisotopic (exact) mass is 199 g/mol. The van der Waals surface area contributed by atoms with Crippen LogP contribution in [-0.2, 0) is 6.54 Å². The fourth-order valence-corrected chi connectivity index (χ4v) is 2.36. The van der Waals surface area contributed by atoms with E-state index in [0.29, 0.717) is 0 Å². The van der Waals surface area contributed by atoms with Gasteiger partial charge in [-0.2, -0.15) is 0 Å². The van der Waals surface area contributed by atoms with E-state index in [0.717, 1.165) is 5.92 Å². The lowest BCUT2D eigenvalue weighted by Crippen LogP contribution is -2.00. The lowest BCUT2D eigenvalue weighted by molar-refractivity contribution is 0.601. The van der Waals surface area contributed by atoms with Gasteiger partial charge in [0.2, 0.25) is 0 Å². The van der Waals surface area contributed by atoms with E-state index in [1.807, 2.05) is 0 Å². The number of fused-ring (bicyclic) bond motifs is 1. The van der Waals surface area contributed by atoms with Crippen LogP contribution < -0.4 is 0 Å². The molecule has 1 aliphatic rings. The molecule has 0 unspecified atom stereocenters. The van der Waals surface area contributed by atoms with E-state index < -0.39 is 0 Å². The van der Waals surface area contributed by atoms with Gasteiger partial charge in [0, 0.05) is 17.8 Å². The summed E-state index contributed by atoms with van der Waals surface area (Å²) in [7, 11) is 0. The number of hydrogen-bond donors (Lipinski definition) is 0. The number of para-hydroxylation sites is 1. The van der Waals surface area contributed by atoms with Crippen molar-refractivity contribution in [3.8, 4) is 0 Å². The minimum atomic E-state index is 1.02. The molecule has 3 rings (SSSR count). The zero-order valence-corrected chi connectivity index (χ0v) is 9.24. The van der Waals surface area contributed by atoms with Crippen LogP contribution in [0, 0.1) is 12.8 Å². The van der Waals surface area contributed by atoms with Crippen LogP contribution in [0.1, 0.15) is 25.0 Å². The largest absolute Gasteiger partial charge is 0.345 e. The molecule has 0 spiro atoms. The van der Waals surface area contributed by atoms with Crippen molar-refractivity contribution in [2.75, 3.05) is 0 Å². The molecular weight excluding hydrogens is 182 g/mol. The van der Waals surface area contributed by atoms with Crippen LogP contribution in [0.5, 0.6) is 0 Å². The SMILES string of the molecule is Cc1cc2ccccc2n1CCC1CC1. The molecule has 0 saturated heterocycles. The van der Waals surface area contributed by atoms with Crippen LogP contribution in [0.3, 0.4) is 0 Å². The molecule has 1 nitrogen and oxygen atoms in total. The van der Waals surface area contributed by atoms with Crippen molar-refractivity contribution in [2.45, 2.75) is 32.7 Å². The van der Waals surface area contributed by atoms with Gasteiger partial charge >= 0.3 is 0 Å². The first kappa shape index (κ1) is 9.02. The van der Waals surface area contributed by atoms with Crippen molar-refractivity contribution in [3.63, 3.8) is 0 Å². The summed E-state index contributed by atoms with van der Waals surface area (Å²) < 4.78 is 2.47. The van der Waals surface area contributed by atoms with E-state index in [-0.39, 0.29) is 0 Å². The van der Waals surface area contributed by atoms with Crippen molar-refractivity contribution < 1.29 is 0 Å². The van der Waals surface area contributed by atoms with Crippen LogP contribution in [0.2, 0.25) is 0 Å². The molecule has 2 aromatic rings. The summed E-state index contributed by atoms with van der Waals surface area (Å²) in [6.07, 6.45) is 4.27. The van der Waals surface area contributed by atoms with E-state index in [9.17, 15) is 0 Å². The summed E-state index contributed by atoms with van der Waals surface area (Å²) in [5, 5.41) is 1.38. The van der Waals surface area contributed by atoms with Crippen molar-refractivity contribution in [3.05, 3.63) is 36.0 Å². The third kappa shape index (κ3) is 1.67. The summed E-state index contributed by atoms with van der Waals surface area (Å²) in [6, 6.07) is 11.0. The third-order valence-electron chi connectivity index (χ3n) is 3.48. The molecule has 0 amide bonds. The van der Waals surface area contributed by atoms with Crippen LogP contribution in [-0.4, -0.2) is 4.57 Å². The maximum atomic E-state index is 2.47. The molecule has 0 bridgehead atoms. The van der Waals surface area contributed by atoms with Gasteiger partial charge in [-0.25, -0.2) is 0 Å². The first-order valence-electron chi connectivity index (χ1n) is 5.89. The predicted octanol–water partition coefficient (Wildman–Crippen LogP) is 3.75. The van der Waals surface area contributed by atoms with Gasteiger partial charge in [-0.05, 0) is 36.8 Å². The van der Waals surface area contributed by atoms with Crippen LogP contribution in [0.15, 0.2) is 30.3 Å². The van der Waals surface area contributed by atoms with Gasteiger partial charge in [0.05, 0.1) is 0 Å². The molecule has 1 heteroatoms. The Morgan fingerprint density at radius 2 is 2.07 bits per heavy atom. The van der Waals surface area contributed by atoms with Crippen molar-refractivity contribution in [1.29, 1.82) is 0 Å². The standard InChI is InChI=1S/C14H17N/c1-11-10-13-4-2-3-5-14(13)15(11)9-8-12-6-7-12/h2-5,10,12H,6-9H2,1H3. The summed E-state index contributed by atoms with van der Waals surface area (Å²) in [4.78, 5) is 0. The van der Waals surface area contributed by atoms with Crippen LogP contribution >= 0.6 is 0 Å². The molecule has 1 fully saturated rings. The molecular formula is C14H17N. The molecule has 0 atom stereocenters. The van der Waals surface area contributed by atoms with Gasteiger partial charge in [0.1, 0.15) is 0 Å². The second-order valence-electron chi connectivity index (χ2n) is 4.73. The summed E-state index contributed by atoms with van der Waals surface area (Å²) in [6.45, 7) is 3.41. The molecule has 0 aliphatic heterocycles. The molecule has 1 aromatic heterocycles. The third-order valence-corrected chi connectivity index (χ3v) is 3.48. The Balaban J connectivity index is 1.95. The Hall–Kier alpha value is -1.24. The number of nitrogens with zero attached hydrogens (tertiary/aromatic N) is 1. The topological polar surface area (TPSA) is 4.93 Å². The van der Waals surface area contributed by atoms with Crippen molar-refractivity contribution >= 4 is 10.9 Å². The van der Waals surface area contributed by atoms with Crippen LogP contribution in [0.25, 0.3) is 10.9 Å². The molecule has 1 aromatic carbocycles. The average Bonchev–Trinajstić information content (AvgIpc) is 3.00. The second-order valence-corrected chi connectivity index (χ2v) is 4.73. The number of hydrogen-bond acceptors (Lipinski definition) is 0. The number of benzene rings is 1. The predicted molar refractivity (Wildman–Crippen MR) is 64.0 cm³/mol. The van der Waals surface area contributed by atoms with E-state index in [4.69, 9.17) is 0 Å². The normalized spacial score (nSPS) is 16.1. The van der Waals surface area contributed by atoms with Gasteiger partial charge in [-0.1, -0.05) is 31.0 Å². The minimum absolute atomic E-state index is 1.02. The molecule has 1 heterocycles. The second kappa shape index (κ2) is 3.41. The number of aryl methyl sites for hydroxylation is 2. The van der Waals surface area contributed by atoms with Crippen molar-refractivity contribution in [2.24, 2.45) is 5.92 Å². The highest BCUT2D eigenvalue weighted by molar-refractivity contribution is 5.81. The Morgan fingerprint density at radius 1 is 1.27 bits per heavy atom. The van der Waals surface area contributed by atoms with Gasteiger partial charge in [0.15, 0.2) is 0 Å². The molecule has 15 heavy (non-hydrogen) atoms. The summed E-state index contributed by atoms with van der Waals surface area (Å²) >= 11 is 0. The number of aromatic nitrogens is 1. The Kier molecular flexibility index (Phi) is 2.05. The zero-order chi connectivity index (χ0) is 10.3. The highest BCUT2D eigenvalue weighted by Crippen LogP contribution is 2.33. The highest BCUT2D eigenvalue weighted by atomic mass is 15.0. The highest BCUT2D eigenvalue weighted by Gasteiger charge is 2.21. The lowest BCUT2D eigenvalue weighted by Gasteiger charge is -2.07. The zero-order valence-electron chi connectivity index (χ0n) is 9.24. The fourth-order valence-electron chi connectivity index (χ4n) is 2.36. The smallest absolute Gasteiger partial charge is 0.0482 e. The summed E-state index contributed by atoms with van der Waals surface area (Å²) in [5.74, 6) is 1.02. The van der Waals surface area contributed by atoms with Gasteiger partial charge in [-0.3, -0.25) is 0 Å². The molecule has 1 aliphatic carbocycles. The van der Waals surface area contributed by atoms with E-state index in [2.05, 4.69) is 41.8 Å². The van der Waals surface area contributed by atoms with E-state index >= 15 is 0 Å². The molecule has 0 N–H and O–H groups in total. The van der Waals surface area contributed by atoms with Gasteiger partial charge in [-0.15, -0.1) is 0 Å². The molecule has 1 saturated carbocycles. The lowest BCUT2D eigenvalue weighted by atomic mass is 10.2. The van der Waals surface area contributed by atoms with E-state index in [1.54, 1.807) is 0 Å². The maximum Gasteiger partial charge on any atom is 0.0482 e. The Morgan fingerprint density at radius 3 is 2.87 bits per heavy atom. The van der Waals surface area contributed by atoms with E-state index in [1.165, 1.54) is 42.4 Å². The minimum Gasteiger partial charge on any atom is -0.345 e. The average molecular weight is 199 g/mol. The fraction of sp³-hybridized carbons (Fsp3) is 0.429. The van der Waals surface area contributed by atoms with Gasteiger partial charge in [0.25, 0.3) is 0 Å². The number of rotatable bonds is 3. The maximum absolute atomic E-state index is 2.47.